The standard InChI is InChI=1S/C11H12NOS/c1-8-2-3-11-10(6-8)9(7-12-11)4-5-14-13/h2-3,6-7,12H,4-5H2,1H3/q+1. The molecule has 14 heavy (non-hydrogen) atoms. The number of aryl methyl sites for hydroxylation is 2. The van der Waals surface area contributed by atoms with E-state index >= 15 is 0 Å². The Kier molecular flexibility index (Phi) is 2.59. The third kappa shape index (κ3) is 1.68. The van der Waals surface area contributed by atoms with Crippen molar-refractivity contribution in [1.82, 2.24) is 4.98 Å². The second kappa shape index (κ2) is 3.88. The van der Waals surface area contributed by atoms with Crippen LogP contribution in [0.2, 0.25) is 0 Å². The van der Waals surface area contributed by atoms with Gasteiger partial charge >= 0.3 is 11.7 Å². The van der Waals surface area contributed by atoms with E-state index in [4.69, 9.17) is 0 Å². The molecule has 0 atom stereocenters. The van der Waals surface area contributed by atoms with Crippen LogP contribution < -0.4 is 0 Å². The summed E-state index contributed by atoms with van der Waals surface area (Å²) in [7, 11) is 0. The zero-order valence-electron chi connectivity index (χ0n) is 8.04. The van der Waals surface area contributed by atoms with Crippen LogP contribution in [0.1, 0.15) is 11.1 Å². The molecule has 0 bridgehead atoms. The molecular weight excluding hydrogens is 194 g/mol. The highest BCUT2D eigenvalue weighted by molar-refractivity contribution is 7.65. The van der Waals surface area contributed by atoms with E-state index in [1.807, 2.05) is 6.20 Å². The lowest BCUT2D eigenvalue weighted by Crippen LogP contribution is -1.88. The molecule has 72 valence electrons. The first kappa shape index (κ1) is 9.34. The van der Waals surface area contributed by atoms with Crippen LogP contribution in [-0.2, 0) is 22.3 Å². The Balaban J connectivity index is 2.44. The summed E-state index contributed by atoms with van der Waals surface area (Å²) in [6.07, 6.45) is 2.85. The largest absolute Gasteiger partial charge is 0.459 e. The Morgan fingerprint density at radius 2 is 2.29 bits per heavy atom. The molecule has 2 rings (SSSR count). The van der Waals surface area contributed by atoms with Crippen molar-refractivity contribution in [3.05, 3.63) is 35.5 Å². The molecule has 0 fully saturated rings. The number of hydrogen-bond donors (Lipinski definition) is 1. The molecule has 0 spiro atoms. The van der Waals surface area contributed by atoms with Crippen molar-refractivity contribution in [2.75, 3.05) is 5.75 Å². The van der Waals surface area contributed by atoms with Crippen molar-refractivity contribution >= 4 is 22.6 Å². The quantitative estimate of drug-likeness (QED) is 0.769. The Morgan fingerprint density at radius 3 is 3.07 bits per heavy atom. The Bertz CT molecular complexity index is 461. The van der Waals surface area contributed by atoms with Gasteiger partial charge in [0.1, 0.15) is 0 Å². The number of fused-ring (bicyclic) bond motifs is 1. The van der Waals surface area contributed by atoms with Gasteiger partial charge in [-0.05, 0) is 24.6 Å². The second-order valence-corrected chi connectivity index (χ2v) is 4.08. The van der Waals surface area contributed by atoms with Crippen LogP contribution in [0.25, 0.3) is 10.9 Å². The number of hydrogen-bond acceptors (Lipinski definition) is 1. The Morgan fingerprint density at radius 1 is 1.43 bits per heavy atom. The van der Waals surface area contributed by atoms with Crippen LogP contribution in [0.5, 0.6) is 0 Å². The van der Waals surface area contributed by atoms with E-state index in [0.29, 0.717) is 17.4 Å². The van der Waals surface area contributed by atoms with E-state index < -0.39 is 0 Å². The van der Waals surface area contributed by atoms with Gasteiger partial charge in [0.05, 0.1) is 0 Å². The lowest BCUT2D eigenvalue weighted by molar-refractivity contribution is 0.604. The zero-order chi connectivity index (χ0) is 9.97. The number of aromatic amines is 1. The maximum Gasteiger partial charge on any atom is 0.459 e. The average molecular weight is 206 g/mol. The van der Waals surface area contributed by atoms with Gasteiger partial charge in [-0.3, -0.25) is 0 Å². The summed E-state index contributed by atoms with van der Waals surface area (Å²) in [5.41, 5.74) is 3.65. The third-order valence-corrected chi connectivity index (χ3v) is 2.75. The molecule has 0 aliphatic heterocycles. The Hall–Kier alpha value is -1.22. The van der Waals surface area contributed by atoms with Crippen LogP contribution in [0.15, 0.2) is 24.4 Å². The van der Waals surface area contributed by atoms with E-state index in [-0.39, 0.29) is 0 Å². The first-order chi connectivity index (χ1) is 6.81. The number of nitrogens with one attached hydrogen (secondary N) is 1. The molecule has 0 aliphatic carbocycles. The molecule has 0 radical (unpaired) electrons. The number of H-pyrrole nitrogens is 1. The summed E-state index contributed by atoms with van der Waals surface area (Å²) in [4.78, 5) is 3.21. The topological polar surface area (TPSA) is 32.9 Å². The van der Waals surface area contributed by atoms with Crippen LogP contribution in [0, 0.1) is 6.92 Å². The number of aromatic nitrogens is 1. The van der Waals surface area contributed by atoms with Gasteiger partial charge in [0.25, 0.3) is 0 Å². The fourth-order valence-corrected chi connectivity index (χ4v) is 1.95. The van der Waals surface area contributed by atoms with E-state index in [0.717, 1.165) is 11.9 Å². The molecule has 1 aromatic heterocycles. The minimum atomic E-state index is 0.640. The van der Waals surface area contributed by atoms with Crippen molar-refractivity contribution in [1.29, 1.82) is 0 Å². The first-order valence-corrected chi connectivity index (χ1v) is 5.53. The summed E-state index contributed by atoms with van der Waals surface area (Å²) in [6, 6.07) is 6.33. The summed E-state index contributed by atoms with van der Waals surface area (Å²) in [6.45, 7) is 2.08. The molecule has 0 amide bonds. The van der Waals surface area contributed by atoms with E-state index in [2.05, 4.69) is 30.1 Å². The molecular formula is C11H12NOS+. The van der Waals surface area contributed by atoms with Gasteiger partial charge in [-0.15, -0.1) is 0 Å². The molecule has 0 aliphatic rings. The van der Waals surface area contributed by atoms with E-state index in [1.54, 1.807) is 0 Å². The molecule has 1 N–H and O–H groups in total. The smallest absolute Gasteiger partial charge is 0.361 e. The van der Waals surface area contributed by atoms with E-state index in [9.17, 15) is 4.21 Å². The average Bonchev–Trinajstić information content (AvgIpc) is 2.57. The van der Waals surface area contributed by atoms with Gasteiger partial charge in [-0.25, -0.2) is 0 Å². The summed E-state index contributed by atoms with van der Waals surface area (Å²) >= 11 is 0.649. The SMILES string of the molecule is Cc1ccc2[nH]cc(CC[S+]=O)c2c1. The number of rotatable bonds is 3. The van der Waals surface area contributed by atoms with Crippen molar-refractivity contribution in [2.24, 2.45) is 0 Å². The van der Waals surface area contributed by atoms with Crippen LogP contribution in [0.3, 0.4) is 0 Å². The van der Waals surface area contributed by atoms with Gasteiger partial charge in [0.15, 0.2) is 0 Å². The maximum absolute atomic E-state index is 10.3. The van der Waals surface area contributed by atoms with Crippen molar-refractivity contribution in [3.8, 4) is 0 Å². The molecule has 2 nitrogen and oxygen atoms in total. The highest BCUT2D eigenvalue weighted by atomic mass is 32.1. The van der Waals surface area contributed by atoms with Gasteiger partial charge < -0.3 is 4.98 Å². The predicted molar refractivity (Wildman–Crippen MR) is 59.7 cm³/mol. The van der Waals surface area contributed by atoms with Gasteiger partial charge in [0.2, 0.25) is 5.75 Å². The molecule has 3 heteroatoms. The lowest BCUT2D eigenvalue weighted by Gasteiger charge is -1.94. The lowest BCUT2D eigenvalue weighted by atomic mass is 10.1. The predicted octanol–water partition coefficient (Wildman–Crippen LogP) is 2.45. The van der Waals surface area contributed by atoms with Gasteiger partial charge in [-0.2, -0.15) is 0 Å². The van der Waals surface area contributed by atoms with Crippen LogP contribution >= 0.6 is 0 Å². The fraction of sp³-hybridized carbons (Fsp3) is 0.273. The molecule has 1 heterocycles. The van der Waals surface area contributed by atoms with Gasteiger partial charge in [-0.1, -0.05) is 11.6 Å². The zero-order valence-corrected chi connectivity index (χ0v) is 8.86. The van der Waals surface area contributed by atoms with Gasteiger partial charge in [0, 0.05) is 27.7 Å². The van der Waals surface area contributed by atoms with Crippen molar-refractivity contribution in [3.63, 3.8) is 0 Å². The van der Waals surface area contributed by atoms with Crippen molar-refractivity contribution < 1.29 is 4.21 Å². The second-order valence-electron chi connectivity index (χ2n) is 3.43. The maximum atomic E-state index is 10.3. The van der Waals surface area contributed by atoms with Crippen LogP contribution in [0.4, 0.5) is 0 Å². The monoisotopic (exact) mass is 206 g/mol. The third-order valence-electron chi connectivity index (χ3n) is 2.38. The van der Waals surface area contributed by atoms with E-state index in [1.165, 1.54) is 16.5 Å². The highest BCUT2D eigenvalue weighted by Crippen LogP contribution is 2.19. The number of benzene rings is 1. The minimum absolute atomic E-state index is 0.640. The molecule has 0 saturated carbocycles. The normalized spacial score (nSPS) is 10.6. The van der Waals surface area contributed by atoms with Crippen LogP contribution in [-0.4, -0.2) is 10.7 Å². The first-order valence-electron chi connectivity index (χ1n) is 4.62. The molecule has 2 aromatic rings. The molecule has 0 unspecified atom stereocenters. The summed E-state index contributed by atoms with van der Waals surface area (Å²) in [5.74, 6) is 0.640. The molecule has 0 saturated heterocycles. The van der Waals surface area contributed by atoms with Crippen molar-refractivity contribution in [2.45, 2.75) is 13.3 Å². The fourth-order valence-electron chi connectivity index (χ4n) is 1.65. The molecule has 1 aromatic carbocycles. The summed E-state index contributed by atoms with van der Waals surface area (Å²) < 4.78 is 10.3. The highest BCUT2D eigenvalue weighted by Gasteiger charge is 2.06. The summed E-state index contributed by atoms with van der Waals surface area (Å²) in [5, 5.41) is 1.25. The minimum Gasteiger partial charge on any atom is -0.361 e. The Labute approximate surface area is 86.8 Å².